The molecule has 222 valence electrons. The highest BCUT2D eigenvalue weighted by atomic mass is 16.5. The van der Waals surface area contributed by atoms with Gasteiger partial charge in [0.1, 0.15) is 11.5 Å². The maximum absolute atomic E-state index is 12.7. The van der Waals surface area contributed by atoms with Gasteiger partial charge >= 0.3 is 23.2 Å². The summed E-state index contributed by atoms with van der Waals surface area (Å²) in [5.41, 5.74) is 1.61. The van der Waals surface area contributed by atoms with E-state index in [1.807, 2.05) is 0 Å². The molecule has 10 nitrogen and oxygen atoms in total. The predicted octanol–water partition coefficient (Wildman–Crippen LogP) is 6.46. The molecule has 0 aliphatic heterocycles. The number of benzene rings is 5. The quantitative estimate of drug-likeness (QED) is 0.153. The van der Waals surface area contributed by atoms with Gasteiger partial charge in [0.05, 0.1) is 32.9 Å². The normalized spacial score (nSPS) is 11.0. The second-order valence-corrected chi connectivity index (χ2v) is 10.1. The van der Waals surface area contributed by atoms with Gasteiger partial charge in [0, 0.05) is 11.1 Å². The van der Waals surface area contributed by atoms with E-state index in [1.165, 1.54) is 24.3 Å². The zero-order chi connectivity index (χ0) is 31.6. The molecule has 10 heteroatoms. The largest absolute Gasteiger partial charge is 0.423 e. The van der Waals surface area contributed by atoms with Crippen molar-refractivity contribution >= 4 is 33.7 Å². The minimum absolute atomic E-state index is 0.139. The van der Waals surface area contributed by atoms with Crippen LogP contribution < -0.4 is 20.7 Å². The van der Waals surface area contributed by atoms with Crippen LogP contribution in [0.3, 0.4) is 0 Å². The smallest absolute Gasteiger partial charge is 0.347 e. The van der Waals surface area contributed by atoms with Crippen LogP contribution in [0.4, 0.5) is 0 Å². The van der Waals surface area contributed by atoms with E-state index in [4.69, 9.17) is 18.3 Å². The van der Waals surface area contributed by atoms with Crippen LogP contribution in [0.15, 0.2) is 140 Å². The van der Waals surface area contributed by atoms with Crippen molar-refractivity contribution < 1.29 is 27.9 Å². The Hall–Kier alpha value is -6.68. The van der Waals surface area contributed by atoms with Crippen molar-refractivity contribution in [3.8, 4) is 34.4 Å². The number of hydrogen-bond donors (Lipinski definition) is 0. The summed E-state index contributed by atoms with van der Waals surface area (Å²) in [5, 5.41) is 0.766. The maximum Gasteiger partial charge on any atom is 0.347 e. The van der Waals surface area contributed by atoms with Crippen LogP contribution in [0.2, 0.25) is 0 Å². The zero-order valence-electron chi connectivity index (χ0n) is 23.7. The Bertz CT molecular complexity index is 2210. The van der Waals surface area contributed by atoms with E-state index < -0.39 is 23.2 Å². The van der Waals surface area contributed by atoms with Crippen LogP contribution in [0.1, 0.15) is 20.7 Å². The number of carbonyl (C=O) groups excluding carboxylic acids is 2. The number of rotatable bonds is 6. The van der Waals surface area contributed by atoms with Gasteiger partial charge in [-0.15, -0.1) is 0 Å². The molecule has 0 aliphatic rings. The van der Waals surface area contributed by atoms with Gasteiger partial charge in [-0.2, -0.15) is 0 Å². The van der Waals surface area contributed by atoms with E-state index >= 15 is 0 Å². The van der Waals surface area contributed by atoms with Crippen molar-refractivity contribution in [2.75, 3.05) is 0 Å². The lowest BCUT2D eigenvalue weighted by Crippen LogP contribution is -2.10. The summed E-state index contributed by atoms with van der Waals surface area (Å²) < 4.78 is 21.6. The van der Waals surface area contributed by atoms with Crippen LogP contribution in [-0.4, -0.2) is 21.9 Å². The second kappa shape index (κ2) is 11.8. The van der Waals surface area contributed by atoms with E-state index in [0.717, 1.165) is 0 Å². The van der Waals surface area contributed by atoms with Crippen LogP contribution in [0.5, 0.6) is 11.5 Å². The SMILES string of the molecule is O=C(Oc1ccc(OC(=O)c2ccc(-c3nc4ccccc4c(=O)o3)cc2)cc1)c1ccc(-c2nc3ccccc3c(=O)o2)cc1. The number of hydrogen-bond acceptors (Lipinski definition) is 10. The van der Waals surface area contributed by atoms with Crippen molar-refractivity contribution in [2.45, 2.75) is 0 Å². The molecule has 0 saturated carbocycles. The standard InChI is InChI=1S/C36H20N2O8/c39-33(23-13-9-21(10-14-23)31-37-29-7-3-1-5-27(29)35(41)45-31)43-25-17-19-26(20-18-25)44-34(40)24-15-11-22(12-16-24)32-38-30-8-4-2-6-28(30)36(42)46-32/h1-20H. The summed E-state index contributed by atoms with van der Waals surface area (Å²) in [6, 6.07) is 32.4. The predicted molar refractivity (Wildman–Crippen MR) is 168 cm³/mol. The number of esters is 2. The van der Waals surface area contributed by atoms with E-state index in [0.29, 0.717) is 32.9 Å². The lowest BCUT2D eigenvalue weighted by atomic mass is 10.1. The average Bonchev–Trinajstić information content (AvgIpc) is 3.09. The zero-order valence-corrected chi connectivity index (χ0v) is 23.7. The Balaban J connectivity index is 0.983. The molecule has 0 spiro atoms. The molecule has 0 aliphatic carbocycles. The van der Waals surface area contributed by atoms with Gasteiger partial charge in [-0.1, -0.05) is 24.3 Å². The number of aromatic nitrogens is 2. The highest BCUT2D eigenvalue weighted by molar-refractivity contribution is 5.92. The number of ether oxygens (including phenoxy) is 2. The molecule has 0 fully saturated rings. The Morgan fingerprint density at radius 3 is 1.24 bits per heavy atom. The van der Waals surface area contributed by atoms with Gasteiger partial charge in [-0.05, 0) is 97.1 Å². The van der Waals surface area contributed by atoms with Crippen molar-refractivity contribution in [1.82, 2.24) is 9.97 Å². The Morgan fingerprint density at radius 2 is 0.848 bits per heavy atom. The molecule has 7 rings (SSSR count). The first-order chi connectivity index (χ1) is 22.4. The number of para-hydroxylation sites is 2. The summed E-state index contributed by atoms with van der Waals surface area (Å²) in [6.07, 6.45) is 0. The van der Waals surface area contributed by atoms with Gasteiger partial charge in [-0.25, -0.2) is 29.1 Å². The average molecular weight is 609 g/mol. The molecule has 46 heavy (non-hydrogen) atoms. The van der Waals surface area contributed by atoms with Crippen LogP contribution >= 0.6 is 0 Å². The Kier molecular flexibility index (Phi) is 7.20. The monoisotopic (exact) mass is 608 g/mol. The molecule has 0 radical (unpaired) electrons. The second-order valence-electron chi connectivity index (χ2n) is 10.1. The fourth-order valence-electron chi connectivity index (χ4n) is 4.69. The molecule has 5 aromatic carbocycles. The summed E-state index contributed by atoms with van der Waals surface area (Å²) in [7, 11) is 0. The summed E-state index contributed by atoms with van der Waals surface area (Å²) in [6.45, 7) is 0. The van der Waals surface area contributed by atoms with E-state index in [1.54, 1.807) is 97.1 Å². The van der Waals surface area contributed by atoms with Gasteiger partial charge in [0.15, 0.2) is 0 Å². The third-order valence-electron chi connectivity index (χ3n) is 7.05. The number of fused-ring (bicyclic) bond motifs is 2. The Morgan fingerprint density at radius 1 is 0.478 bits per heavy atom. The van der Waals surface area contributed by atoms with Crippen LogP contribution in [0, 0.1) is 0 Å². The molecule has 2 aromatic heterocycles. The van der Waals surface area contributed by atoms with E-state index in [9.17, 15) is 19.2 Å². The first-order valence-electron chi connectivity index (χ1n) is 14.0. The highest BCUT2D eigenvalue weighted by Gasteiger charge is 2.14. The molecule has 2 heterocycles. The highest BCUT2D eigenvalue weighted by Crippen LogP contribution is 2.23. The third-order valence-corrected chi connectivity index (χ3v) is 7.05. The van der Waals surface area contributed by atoms with E-state index in [2.05, 4.69) is 9.97 Å². The molecule has 0 unspecified atom stereocenters. The maximum atomic E-state index is 12.7. The lowest BCUT2D eigenvalue weighted by Gasteiger charge is -2.08. The molecular formula is C36H20N2O8. The number of carbonyl (C=O) groups is 2. The van der Waals surface area contributed by atoms with Gasteiger partial charge < -0.3 is 18.3 Å². The fourth-order valence-corrected chi connectivity index (χ4v) is 4.69. The van der Waals surface area contributed by atoms with Gasteiger partial charge in [0.2, 0.25) is 11.8 Å². The minimum atomic E-state index is -0.610. The summed E-state index contributed by atoms with van der Waals surface area (Å²) >= 11 is 0. The Labute approximate surface area is 259 Å². The third kappa shape index (κ3) is 5.65. The minimum Gasteiger partial charge on any atom is -0.423 e. The van der Waals surface area contributed by atoms with Crippen molar-refractivity contribution in [3.63, 3.8) is 0 Å². The molecule has 0 bridgehead atoms. The summed E-state index contributed by atoms with van der Waals surface area (Å²) in [5.74, 6) is -0.461. The van der Waals surface area contributed by atoms with Crippen molar-refractivity contribution in [2.24, 2.45) is 0 Å². The molecule has 0 N–H and O–H groups in total. The van der Waals surface area contributed by atoms with Gasteiger partial charge in [0.25, 0.3) is 0 Å². The molecule has 0 atom stereocenters. The topological polar surface area (TPSA) is 139 Å². The van der Waals surface area contributed by atoms with Crippen molar-refractivity contribution in [1.29, 1.82) is 0 Å². The van der Waals surface area contributed by atoms with Crippen LogP contribution in [0.25, 0.3) is 44.7 Å². The fraction of sp³-hybridized carbons (Fsp3) is 0. The first-order valence-corrected chi connectivity index (χ1v) is 14.0. The molecule has 0 amide bonds. The molecule has 0 saturated heterocycles. The van der Waals surface area contributed by atoms with Gasteiger partial charge in [-0.3, -0.25) is 0 Å². The number of nitrogens with zero attached hydrogens (tertiary/aromatic N) is 2. The lowest BCUT2D eigenvalue weighted by molar-refractivity contribution is 0.0719. The van der Waals surface area contributed by atoms with Crippen molar-refractivity contribution in [3.05, 3.63) is 153 Å². The van der Waals surface area contributed by atoms with E-state index in [-0.39, 0.29) is 34.4 Å². The van der Waals surface area contributed by atoms with Crippen LogP contribution in [-0.2, 0) is 0 Å². The summed E-state index contributed by atoms with van der Waals surface area (Å²) in [4.78, 5) is 58.8. The molecular weight excluding hydrogens is 588 g/mol. The first kappa shape index (κ1) is 28.1. The molecule has 7 aromatic rings.